The van der Waals surface area contributed by atoms with E-state index in [1.807, 2.05) is 0 Å². The summed E-state index contributed by atoms with van der Waals surface area (Å²) in [6.45, 7) is 9.46. The van der Waals surface area contributed by atoms with Crippen molar-refractivity contribution in [2.45, 2.75) is 32.7 Å². The Bertz CT molecular complexity index is 162. The maximum absolute atomic E-state index is 5.55. The van der Waals surface area contributed by atoms with Crippen LogP contribution in [0.15, 0.2) is 0 Å². The van der Waals surface area contributed by atoms with Crippen LogP contribution in [-0.4, -0.2) is 51.0 Å². The quantitative estimate of drug-likeness (QED) is 0.630. The van der Waals surface area contributed by atoms with E-state index in [2.05, 4.69) is 18.7 Å². The van der Waals surface area contributed by atoms with Gasteiger partial charge in [0.1, 0.15) is 0 Å². The molecule has 1 rings (SSSR count). The molecule has 0 radical (unpaired) electrons. The predicted octanol–water partition coefficient (Wildman–Crippen LogP) is 1.77. The Kier molecular flexibility index (Phi) is 6.22. The van der Waals surface area contributed by atoms with Crippen molar-refractivity contribution < 1.29 is 9.47 Å². The highest BCUT2D eigenvalue weighted by Crippen LogP contribution is 2.15. The molecule has 0 aliphatic carbocycles. The first-order valence-corrected chi connectivity index (χ1v) is 6.04. The highest BCUT2D eigenvalue weighted by molar-refractivity contribution is 4.76. The Labute approximate surface area is 93.7 Å². The van der Waals surface area contributed by atoms with Crippen LogP contribution in [0.25, 0.3) is 0 Å². The Morgan fingerprint density at radius 3 is 2.93 bits per heavy atom. The molecule has 0 amide bonds. The topological polar surface area (TPSA) is 21.7 Å². The predicted molar refractivity (Wildman–Crippen MR) is 62.1 cm³/mol. The minimum absolute atomic E-state index is 0.621. The molecule has 1 saturated heterocycles. The zero-order valence-electron chi connectivity index (χ0n) is 10.4. The number of rotatable bonds is 6. The number of methoxy groups -OCH3 is 1. The lowest BCUT2D eigenvalue weighted by molar-refractivity contribution is -0.0172. The smallest absolute Gasteiger partial charge is 0.0622 e. The molecule has 0 N–H and O–H groups in total. The Morgan fingerprint density at radius 2 is 2.27 bits per heavy atom. The van der Waals surface area contributed by atoms with Gasteiger partial charge < -0.3 is 9.47 Å². The van der Waals surface area contributed by atoms with Crippen LogP contribution in [0, 0.1) is 5.92 Å². The zero-order chi connectivity index (χ0) is 11.1. The molecule has 1 aliphatic heterocycles. The first-order chi connectivity index (χ1) is 7.24. The Balaban J connectivity index is 2.29. The van der Waals surface area contributed by atoms with Crippen LogP contribution < -0.4 is 0 Å². The van der Waals surface area contributed by atoms with Crippen molar-refractivity contribution in [1.82, 2.24) is 4.90 Å². The van der Waals surface area contributed by atoms with Crippen LogP contribution in [0.2, 0.25) is 0 Å². The Morgan fingerprint density at radius 1 is 1.47 bits per heavy atom. The fourth-order valence-corrected chi connectivity index (χ4v) is 2.16. The van der Waals surface area contributed by atoms with Gasteiger partial charge in [0, 0.05) is 32.8 Å². The molecule has 90 valence electrons. The van der Waals surface area contributed by atoms with Crippen molar-refractivity contribution in [2.24, 2.45) is 5.92 Å². The summed E-state index contributed by atoms with van der Waals surface area (Å²) in [6, 6.07) is 0.621. The number of ether oxygens (including phenoxy) is 2. The maximum Gasteiger partial charge on any atom is 0.0622 e. The molecule has 1 heterocycles. The number of morpholine rings is 1. The van der Waals surface area contributed by atoms with Gasteiger partial charge in [-0.2, -0.15) is 0 Å². The fraction of sp³-hybridized carbons (Fsp3) is 1.00. The van der Waals surface area contributed by atoms with E-state index >= 15 is 0 Å². The SMILES string of the molecule is COCCCN1CCOCC1CC(C)C. The molecule has 15 heavy (non-hydrogen) atoms. The highest BCUT2D eigenvalue weighted by Gasteiger charge is 2.22. The molecule has 1 unspecified atom stereocenters. The third-order valence-corrected chi connectivity index (χ3v) is 2.89. The summed E-state index contributed by atoms with van der Waals surface area (Å²) < 4.78 is 10.6. The van der Waals surface area contributed by atoms with E-state index in [1.54, 1.807) is 7.11 Å². The first-order valence-electron chi connectivity index (χ1n) is 6.04. The van der Waals surface area contributed by atoms with E-state index in [-0.39, 0.29) is 0 Å². The number of hydrogen-bond donors (Lipinski definition) is 0. The largest absolute Gasteiger partial charge is 0.385 e. The van der Waals surface area contributed by atoms with E-state index in [0.717, 1.165) is 45.2 Å². The summed E-state index contributed by atoms with van der Waals surface area (Å²) in [5.41, 5.74) is 0. The van der Waals surface area contributed by atoms with Gasteiger partial charge >= 0.3 is 0 Å². The lowest BCUT2D eigenvalue weighted by Gasteiger charge is -2.36. The van der Waals surface area contributed by atoms with Crippen LogP contribution >= 0.6 is 0 Å². The van der Waals surface area contributed by atoms with Crippen molar-refractivity contribution in [3.05, 3.63) is 0 Å². The van der Waals surface area contributed by atoms with E-state index in [0.29, 0.717) is 6.04 Å². The van der Waals surface area contributed by atoms with Gasteiger partial charge in [-0.3, -0.25) is 4.90 Å². The van der Waals surface area contributed by atoms with Gasteiger partial charge in [0.05, 0.1) is 13.2 Å². The van der Waals surface area contributed by atoms with Gasteiger partial charge in [-0.15, -0.1) is 0 Å². The molecule has 1 aliphatic rings. The van der Waals surface area contributed by atoms with E-state index in [1.165, 1.54) is 6.42 Å². The van der Waals surface area contributed by atoms with E-state index in [4.69, 9.17) is 9.47 Å². The Hall–Kier alpha value is -0.120. The summed E-state index contributed by atoms with van der Waals surface area (Å²) in [6.07, 6.45) is 2.37. The fourth-order valence-electron chi connectivity index (χ4n) is 2.16. The van der Waals surface area contributed by atoms with E-state index < -0.39 is 0 Å². The summed E-state index contributed by atoms with van der Waals surface area (Å²) >= 11 is 0. The van der Waals surface area contributed by atoms with Crippen LogP contribution in [0.4, 0.5) is 0 Å². The lowest BCUT2D eigenvalue weighted by Crippen LogP contribution is -2.46. The monoisotopic (exact) mass is 215 g/mol. The van der Waals surface area contributed by atoms with Crippen LogP contribution in [0.3, 0.4) is 0 Å². The van der Waals surface area contributed by atoms with E-state index in [9.17, 15) is 0 Å². The molecule has 3 nitrogen and oxygen atoms in total. The summed E-state index contributed by atoms with van der Waals surface area (Å²) in [5.74, 6) is 0.752. The normalized spacial score (nSPS) is 23.6. The summed E-state index contributed by atoms with van der Waals surface area (Å²) in [4.78, 5) is 2.56. The third kappa shape index (κ3) is 4.96. The second-order valence-corrected chi connectivity index (χ2v) is 4.74. The second kappa shape index (κ2) is 7.20. The first kappa shape index (κ1) is 12.9. The second-order valence-electron chi connectivity index (χ2n) is 4.74. The van der Waals surface area contributed by atoms with Crippen molar-refractivity contribution in [2.75, 3.05) is 40.0 Å². The third-order valence-electron chi connectivity index (χ3n) is 2.89. The number of hydrogen-bond acceptors (Lipinski definition) is 3. The molecule has 0 aromatic heterocycles. The van der Waals surface area contributed by atoms with Crippen molar-refractivity contribution in [3.8, 4) is 0 Å². The van der Waals surface area contributed by atoms with Gasteiger partial charge in [-0.25, -0.2) is 0 Å². The van der Waals surface area contributed by atoms with Crippen LogP contribution in [0.5, 0.6) is 0 Å². The summed E-state index contributed by atoms with van der Waals surface area (Å²) in [5, 5.41) is 0. The van der Waals surface area contributed by atoms with Gasteiger partial charge in [0.15, 0.2) is 0 Å². The molecule has 0 aromatic carbocycles. The number of nitrogens with zero attached hydrogens (tertiary/aromatic N) is 1. The molecule has 1 atom stereocenters. The zero-order valence-corrected chi connectivity index (χ0v) is 10.4. The van der Waals surface area contributed by atoms with Gasteiger partial charge in [0.25, 0.3) is 0 Å². The standard InChI is InChI=1S/C12H25NO2/c1-11(2)9-12-10-15-8-6-13(12)5-4-7-14-3/h11-12H,4-10H2,1-3H3. The molecule has 0 spiro atoms. The summed E-state index contributed by atoms with van der Waals surface area (Å²) in [7, 11) is 1.77. The molecule has 0 bridgehead atoms. The van der Waals surface area contributed by atoms with Gasteiger partial charge in [0.2, 0.25) is 0 Å². The highest BCUT2D eigenvalue weighted by atomic mass is 16.5. The minimum atomic E-state index is 0.621. The van der Waals surface area contributed by atoms with Crippen LogP contribution in [0.1, 0.15) is 26.7 Å². The molecule has 0 aromatic rings. The van der Waals surface area contributed by atoms with Gasteiger partial charge in [-0.05, 0) is 18.8 Å². The van der Waals surface area contributed by atoms with Crippen molar-refractivity contribution >= 4 is 0 Å². The molecule has 3 heteroatoms. The van der Waals surface area contributed by atoms with Gasteiger partial charge in [-0.1, -0.05) is 13.8 Å². The average Bonchev–Trinajstić information content (AvgIpc) is 2.20. The molecular formula is C12H25NO2. The van der Waals surface area contributed by atoms with Crippen molar-refractivity contribution in [1.29, 1.82) is 0 Å². The minimum Gasteiger partial charge on any atom is -0.385 e. The lowest BCUT2D eigenvalue weighted by atomic mass is 10.0. The molecule has 0 saturated carbocycles. The molecular weight excluding hydrogens is 190 g/mol. The molecule has 1 fully saturated rings. The van der Waals surface area contributed by atoms with Crippen LogP contribution in [-0.2, 0) is 9.47 Å². The average molecular weight is 215 g/mol. The van der Waals surface area contributed by atoms with Crippen molar-refractivity contribution in [3.63, 3.8) is 0 Å². The maximum atomic E-state index is 5.55.